The maximum absolute atomic E-state index is 4.42. The molecule has 1 aromatic rings. The average molecular weight is 280 g/mol. The summed E-state index contributed by atoms with van der Waals surface area (Å²) in [6, 6.07) is 0.907. The molecule has 1 fully saturated rings. The molecule has 1 saturated heterocycles. The highest BCUT2D eigenvalue weighted by Crippen LogP contribution is 2.13. The Bertz CT molecular complexity index is 404. The molecule has 2 atom stereocenters. The first-order chi connectivity index (χ1) is 9.65. The van der Waals surface area contributed by atoms with Crippen molar-refractivity contribution in [3.05, 3.63) is 12.2 Å². The van der Waals surface area contributed by atoms with Gasteiger partial charge in [0.15, 0.2) is 0 Å². The van der Waals surface area contributed by atoms with Crippen LogP contribution in [0, 0.1) is 0 Å². The maximum Gasteiger partial charge on any atom is 0.138 e. The van der Waals surface area contributed by atoms with Crippen molar-refractivity contribution in [3.8, 4) is 0 Å². The standard InChI is InChI=1S/C14H28N6/c1-5-20-14(16-11-17-20)9-12(15-2)13-10-18(3)7-6-8-19(13)4/h11-13,15H,5-10H2,1-4H3. The molecule has 2 unspecified atom stereocenters. The Balaban J connectivity index is 2.09. The number of nitrogens with one attached hydrogen (secondary N) is 1. The molecule has 6 nitrogen and oxygen atoms in total. The molecule has 0 radical (unpaired) electrons. The van der Waals surface area contributed by atoms with E-state index in [2.05, 4.69) is 53.3 Å². The third-order valence-corrected chi connectivity index (χ3v) is 4.35. The topological polar surface area (TPSA) is 49.2 Å². The minimum Gasteiger partial charge on any atom is -0.315 e. The van der Waals surface area contributed by atoms with Crippen LogP contribution < -0.4 is 5.32 Å². The van der Waals surface area contributed by atoms with Crippen LogP contribution in [0.3, 0.4) is 0 Å². The second kappa shape index (κ2) is 7.15. The molecule has 20 heavy (non-hydrogen) atoms. The van der Waals surface area contributed by atoms with Crippen molar-refractivity contribution in [1.29, 1.82) is 0 Å². The van der Waals surface area contributed by atoms with Gasteiger partial charge in [0.05, 0.1) is 0 Å². The van der Waals surface area contributed by atoms with Crippen LogP contribution in [0.1, 0.15) is 19.2 Å². The summed E-state index contributed by atoms with van der Waals surface area (Å²) in [6.07, 6.45) is 3.83. The quantitative estimate of drug-likeness (QED) is 0.827. The fraction of sp³-hybridized carbons (Fsp3) is 0.857. The molecule has 0 bridgehead atoms. The van der Waals surface area contributed by atoms with E-state index in [1.165, 1.54) is 13.0 Å². The number of hydrogen-bond donors (Lipinski definition) is 1. The van der Waals surface area contributed by atoms with Crippen LogP contribution in [0.2, 0.25) is 0 Å². The fourth-order valence-electron chi connectivity index (χ4n) is 3.08. The minimum absolute atomic E-state index is 0.398. The summed E-state index contributed by atoms with van der Waals surface area (Å²) in [5.74, 6) is 1.08. The van der Waals surface area contributed by atoms with Crippen LogP contribution in [-0.2, 0) is 13.0 Å². The molecular formula is C14H28N6. The lowest BCUT2D eigenvalue weighted by molar-refractivity contribution is 0.179. The van der Waals surface area contributed by atoms with Gasteiger partial charge in [-0.3, -0.25) is 4.68 Å². The highest BCUT2D eigenvalue weighted by molar-refractivity contribution is 4.96. The van der Waals surface area contributed by atoms with Crippen LogP contribution in [0.4, 0.5) is 0 Å². The fourth-order valence-corrected chi connectivity index (χ4v) is 3.08. The summed E-state index contributed by atoms with van der Waals surface area (Å²) < 4.78 is 1.99. The van der Waals surface area contributed by atoms with Crippen LogP contribution in [0.15, 0.2) is 6.33 Å². The van der Waals surface area contributed by atoms with Gasteiger partial charge in [0, 0.05) is 31.6 Å². The zero-order valence-electron chi connectivity index (χ0n) is 13.2. The first kappa shape index (κ1) is 15.4. The van der Waals surface area contributed by atoms with E-state index in [0.29, 0.717) is 12.1 Å². The number of nitrogens with zero attached hydrogens (tertiary/aromatic N) is 5. The molecule has 0 spiro atoms. The monoisotopic (exact) mass is 280 g/mol. The maximum atomic E-state index is 4.42. The summed E-state index contributed by atoms with van der Waals surface area (Å²) in [7, 11) is 6.50. The Morgan fingerprint density at radius 1 is 1.40 bits per heavy atom. The number of rotatable bonds is 5. The average Bonchev–Trinajstić information content (AvgIpc) is 2.82. The van der Waals surface area contributed by atoms with Gasteiger partial charge in [-0.15, -0.1) is 0 Å². The van der Waals surface area contributed by atoms with Crippen molar-refractivity contribution < 1.29 is 0 Å². The van der Waals surface area contributed by atoms with Crippen LogP contribution in [0.25, 0.3) is 0 Å². The zero-order chi connectivity index (χ0) is 14.5. The second-order valence-electron chi connectivity index (χ2n) is 5.76. The van der Waals surface area contributed by atoms with Gasteiger partial charge in [-0.25, -0.2) is 4.98 Å². The van der Waals surface area contributed by atoms with E-state index in [9.17, 15) is 0 Å². The Kier molecular flexibility index (Phi) is 5.51. The highest BCUT2D eigenvalue weighted by atomic mass is 15.3. The summed E-state index contributed by atoms with van der Waals surface area (Å²) in [4.78, 5) is 9.33. The van der Waals surface area contributed by atoms with Crippen LogP contribution >= 0.6 is 0 Å². The van der Waals surface area contributed by atoms with E-state index in [1.807, 2.05) is 4.68 Å². The summed E-state index contributed by atoms with van der Waals surface area (Å²) in [6.45, 7) is 6.43. The molecule has 1 N–H and O–H groups in total. The summed E-state index contributed by atoms with van der Waals surface area (Å²) >= 11 is 0. The molecule has 2 heterocycles. The molecular weight excluding hydrogens is 252 g/mol. The molecule has 0 amide bonds. The SMILES string of the molecule is CCn1ncnc1CC(NC)C1CN(C)CCCN1C. The van der Waals surface area contributed by atoms with Crippen molar-refractivity contribution in [2.45, 2.75) is 38.4 Å². The van der Waals surface area contributed by atoms with Crippen molar-refractivity contribution in [2.75, 3.05) is 40.8 Å². The lowest BCUT2D eigenvalue weighted by Crippen LogP contribution is -2.52. The molecule has 1 aliphatic heterocycles. The van der Waals surface area contributed by atoms with Gasteiger partial charge in [0.25, 0.3) is 0 Å². The first-order valence-corrected chi connectivity index (χ1v) is 7.58. The molecule has 1 aliphatic rings. The van der Waals surface area contributed by atoms with Crippen molar-refractivity contribution >= 4 is 0 Å². The molecule has 1 aromatic heterocycles. The third-order valence-electron chi connectivity index (χ3n) is 4.35. The van der Waals surface area contributed by atoms with E-state index < -0.39 is 0 Å². The Labute approximate surface area is 122 Å². The van der Waals surface area contributed by atoms with Gasteiger partial charge in [-0.2, -0.15) is 5.10 Å². The third kappa shape index (κ3) is 3.56. The lowest BCUT2D eigenvalue weighted by atomic mass is 10.0. The van der Waals surface area contributed by atoms with Gasteiger partial charge in [0.1, 0.15) is 12.2 Å². The highest BCUT2D eigenvalue weighted by Gasteiger charge is 2.28. The number of aromatic nitrogens is 3. The van der Waals surface area contributed by atoms with Crippen molar-refractivity contribution in [3.63, 3.8) is 0 Å². The smallest absolute Gasteiger partial charge is 0.138 e. The summed E-state index contributed by atoms with van der Waals surface area (Å²) in [5.41, 5.74) is 0. The van der Waals surface area contributed by atoms with Crippen molar-refractivity contribution in [2.24, 2.45) is 0 Å². The van der Waals surface area contributed by atoms with E-state index in [4.69, 9.17) is 0 Å². The molecule has 0 aliphatic carbocycles. The van der Waals surface area contributed by atoms with Gasteiger partial charge in [0.2, 0.25) is 0 Å². The normalized spacial score (nSPS) is 23.7. The first-order valence-electron chi connectivity index (χ1n) is 7.58. The van der Waals surface area contributed by atoms with Crippen LogP contribution in [0.5, 0.6) is 0 Å². The van der Waals surface area contributed by atoms with Gasteiger partial charge >= 0.3 is 0 Å². The van der Waals surface area contributed by atoms with E-state index in [1.54, 1.807) is 6.33 Å². The predicted octanol–water partition coefficient (Wildman–Crippen LogP) is 0.0644. The zero-order valence-corrected chi connectivity index (χ0v) is 13.2. The van der Waals surface area contributed by atoms with Gasteiger partial charge < -0.3 is 15.1 Å². The Morgan fingerprint density at radius 3 is 2.90 bits per heavy atom. The van der Waals surface area contributed by atoms with Gasteiger partial charge in [-0.1, -0.05) is 0 Å². The number of hydrogen-bond acceptors (Lipinski definition) is 5. The Morgan fingerprint density at radius 2 is 2.20 bits per heavy atom. The van der Waals surface area contributed by atoms with E-state index in [0.717, 1.165) is 31.9 Å². The predicted molar refractivity (Wildman–Crippen MR) is 80.8 cm³/mol. The number of likely N-dealkylation sites (N-methyl/N-ethyl adjacent to an activating group) is 3. The van der Waals surface area contributed by atoms with Gasteiger partial charge in [-0.05, 0) is 47.6 Å². The minimum atomic E-state index is 0.398. The number of aryl methyl sites for hydroxylation is 1. The molecule has 0 saturated carbocycles. The molecule has 0 aromatic carbocycles. The largest absolute Gasteiger partial charge is 0.315 e. The Hall–Kier alpha value is -0.980. The van der Waals surface area contributed by atoms with Crippen molar-refractivity contribution in [1.82, 2.24) is 29.9 Å². The molecule has 2 rings (SSSR count). The van der Waals surface area contributed by atoms with E-state index >= 15 is 0 Å². The summed E-state index contributed by atoms with van der Waals surface area (Å²) in [5, 5.41) is 7.76. The second-order valence-corrected chi connectivity index (χ2v) is 5.76. The lowest BCUT2D eigenvalue weighted by Gasteiger charge is -2.34. The van der Waals surface area contributed by atoms with E-state index in [-0.39, 0.29) is 0 Å². The molecule has 114 valence electrons. The molecule has 6 heteroatoms. The van der Waals surface area contributed by atoms with Crippen LogP contribution in [-0.4, -0.2) is 77.4 Å².